The van der Waals surface area contributed by atoms with E-state index < -0.39 is 0 Å². The Morgan fingerprint density at radius 1 is 1.32 bits per heavy atom. The molecule has 0 aliphatic rings. The van der Waals surface area contributed by atoms with E-state index in [9.17, 15) is 0 Å². The molecule has 0 radical (unpaired) electrons. The van der Waals surface area contributed by atoms with E-state index in [0.29, 0.717) is 24.9 Å². The molecule has 7 heteroatoms. The number of hydrogen-bond acceptors (Lipinski definition) is 7. The third-order valence-electron chi connectivity index (χ3n) is 2.20. The lowest BCUT2D eigenvalue weighted by molar-refractivity contribution is 0.128. The Labute approximate surface area is 115 Å². The molecule has 0 aliphatic carbocycles. The van der Waals surface area contributed by atoms with E-state index in [1.165, 1.54) is 11.8 Å². The van der Waals surface area contributed by atoms with Gasteiger partial charge in [0.2, 0.25) is 0 Å². The predicted octanol–water partition coefficient (Wildman–Crippen LogP) is 1.84. The molecule has 2 heterocycles. The van der Waals surface area contributed by atoms with Crippen molar-refractivity contribution in [3.8, 4) is 0 Å². The lowest BCUT2D eigenvalue weighted by Gasteiger charge is -2.07. The van der Waals surface area contributed by atoms with Crippen molar-refractivity contribution in [2.75, 3.05) is 12.0 Å². The van der Waals surface area contributed by atoms with Crippen molar-refractivity contribution in [3.05, 3.63) is 36.4 Å². The van der Waals surface area contributed by atoms with Crippen molar-refractivity contribution in [1.29, 1.82) is 0 Å². The first kappa shape index (κ1) is 13.7. The summed E-state index contributed by atoms with van der Waals surface area (Å²) in [4.78, 5) is 13.7. The molecular formula is C12H15N5OS. The molecule has 0 aromatic carbocycles. The van der Waals surface area contributed by atoms with Gasteiger partial charge in [-0.1, -0.05) is 11.8 Å². The molecule has 0 atom stereocenters. The van der Waals surface area contributed by atoms with Crippen LogP contribution in [0.25, 0.3) is 0 Å². The van der Waals surface area contributed by atoms with Crippen molar-refractivity contribution in [3.63, 3.8) is 0 Å². The number of hydrazine groups is 1. The van der Waals surface area contributed by atoms with Gasteiger partial charge in [0.05, 0.1) is 0 Å². The summed E-state index contributed by atoms with van der Waals surface area (Å²) in [6.45, 7) is 2.92. The highest BCUT2D eigenvalue weighted by Gasteiger charge is 2.06. The van der Waals surface area contributed by atoms with Gasteiger partial charge >= 0.3 is 0 Å². The Hall–Kier alpha value is -1.70. The number of rotatable bonds is 6. The highest BCUT2D eigenvalue weighted by Crippen LogP contribution is 2.26. The minimum Gasteiger partial charge on any atom is -0.374 e. The number of nitrogens with zero attached hydrogens (tertiary/aromatic N) is 3. The highest BCUT2D eigenvalue weighted by atomic mass is 32.2. The number of anilines is 1. The lowest BCUT2D eigenvalue weighted by atomic mass is 10.5. The SMILES string of the molecule is CCOCc1nc(NN)cc(Sc2ccncc2)n1. The van der Waals surface area contributed by atoms with Crippen molar-refractivity contribution >= 4 is 17.6 Å². The molecule has 3 N–H and O–H groups in total. The van der Waals surface area contributed by atoms with E-state index >= 15 is 0 Å². The Balaban J connectivity index is 2.19. The third-order valence-corrected chi connectivity index (χ3v) is 3.13. The Bertz CT molecular complexity index is 523. The standard InChI is InChI=1S/C12H15N5OS/c1-2-18-8-11-15-10(17-13)7-12(16-11)19-9-3-5-14-6-4-9/h3-7H,2,8,13H2,1H3,(H,15,16,17). The van der Waals surface area contributed by atoms with Gasteiger partial charge in [-0.15, -0.1) is 0 Å². The summed E-state index contributed by atoms with van der Waals surface area (Å²) in [6, 6.07) is 5.63. The van der Waals surface area contributed by atoms with Crippen LogP contribution < -0.4 is 11.3 Å². The van der Waals surface area contributed by atoms with Gasteiger partial charge in [-0.05, 0) is 19.1 Å². The molecule has 0 aliphatic heterocycles. The molecule has 100 valence electrons. The maximum Gasteiger partial charge on any atom is 0.157 e. The Kier molecular flexibility index (Phi) is 5.08. The summed E-state index contributed by atoms with van der Waals surface area (Å²) in [5, 5.41) is 0.809. The topological polar surface area (TPSA) is 86.0 Å². The fourth-order valence-electron chi connectivity index (χ4n) is 1.38. The number of pyridine rings is 1. The second-order valence-electron chi connectivity index (χ2n) is 3.57. The molecule has 0 fully saturated rings. The molecule has 19 heavy (non-hydrogen) atoms. The summed E-state index contributed by atoms with van der Waals surface area (Å²) >= 11 is 1.52. The largest absolute Gasteiger partial charge is 0.374 e. The van der Waals surface area contributed by atoms with E-state index in [2.05, 4.69) is 20.4 Å². The number of nitrogen functional groups attached to an aromatic ring is 1. The first-order valence-corrected chi connectivity index (χ1v) is 6.63. The van der Waals surface area contributed by atoms with Crippen LogP contribution in [0.1, 0.15) is 12.7 Å². The van der Waals surface area contributed by atoms with Crippen molar-refractivity contribution in [2.45, 2.75) is 23.5 Å². The number of nitrogens with one attached hydrogen (secondary N) is 1. The molecule has 0 bridgehead atoms. The van der Waals surface area contributed by atoms with E-state index in [0.717, 1.165) is 9.92 Å². The average molecular weight is 277 g/mol. The van der Waals surface area contributed by atoms with E-state index in [1.54, 1.807) is 18.5 Å². The minimum atomic E-state index is 0.371. The summed E-state index contributed by atoms with van der Waals surface area (Å²) in [6.07, 6.45) is 3.49. The average Bonchev–Trinajstić information content (AvgIpc) is 2.46. The van der Waals surface area contributed by atoms with Gasteiger partial charge in [-0.3, -0.25) is 4.98 Å². The molecule has 0 saturated heterocycles. The van der Waals surface area contributed by atoms with Gasteiger partial charge in [-0.25, -0.2) is 15.8 Å². The second-order valence-corrected chi connectivity index (χ2v) is 4.67. The van der Waals surface area contributed by atoms with Crippen LogP contribution in [-0.2, 0) is 11.3 Å². The molecule has 0 unspecified atom stereocenters. The monoisotopic (exact) mass is 277 g/mol. The van der Waals surface area contributed by atoms with Gasteiger partial charge < -0.3 is 10.2 Å². The quantitative estimate of drug-likeness (QED) is 0.473. The Morgan fingerprint density at radius 3 is 2.79 bits per heavy atom. The van der Waals surface area contributed by atoms with Crippen molar-refractivity contribution in [2.24, 2.45) is 5.84 Å². The van der Waals surface area contributed by atoms with Crippen LogP contribution in [0.2, 0.25) is 0 Å². The molecule has 2 aromatic rings. The minimum absolute atomic E-state index is 0.371. The van der Waals surface area contributed by atoms with Crippen LogP contribution in [0.15, 0.2) is 40.5 Å². The smallest absolute Gasteiger partial charge is 0.157 e. The van der Waals surface area contributed by atoms with E-state index in [1.807, 2.05) is 19.1 Å². The van der Waals surface area contributed by atoms with Crippen molar-refractivity contribution in [1.82, 2.24) is 15.0 Å². The van der Waals surface area contributed by atoms with Crippen LogP contribution >= 0.6 is 11.8 Å². The molecule has 0 amide bonds. The number of ether oxygens (including phenoxy) is 1. The molecule has 0 spiro atoms. The van der Waals surface area contributed by atoms with Crippen LogP contribution in [0, 0.1) is 0 Å². The normalized spacial score (nSPS) is 10.4. The maximum absolute atomic E-state index is 5.41. The Morgan fingerprint density at radius 2 is 2.11 bits per heavy atom. The number of nitrogens with two attached hydrogens (primary N) is 1. The number of aromatic nitrogens is 3. The lowest BCUT2D eigenvalue weighted by Crippen LogP contribution is -2.11. The summed E-state index contributed by atoms with van der Waals surface area (Å²) in [5.74, 6) is 6.59. The summed E-state index contributed by atoms with van der Waals surface area (Å²) < 4.78 is 5.31. The molecule has 0 saturated carbocycles. The van der Waals surface area contributed by atoms with Gasteiger partial charge in [0, 0.05) is 30.0 Å². The zero-order valence-corrected chi connectivity index (χ0v) is 11.4. The molecule has 6 nitrogen and oxygen atoms in total. The fourth-order valence-corrected chi connectivity index (χ4v) is 2.20. The fraction of sp³-hybridized carbons (Fsp3) is 0.250. The zero-order chi connectivity index (χ0) is 13.5. The van der Waals surface area contributed by atoms with E-state index in [4.69, 9.17) is 10.6 Å². The van der Waals surface area contributed by atoms with E-state index in [-0.39, 0.29) is 0 Å². The summed E-state index contributed by atoms with van der Waals surface area (Å²) in [5.41, 5.74) is 2.54. The predicted molar refractivity (Wildman–Crippen MR) is 73.5 cm³/mol. The second kappa shape index (κ2) is 7.03. The molecule has 2 rings (SSSR count). The van der Waals surface area contributed by atoms with Gasteiger partial charge in [0.1, 0.15) is 17.5 Å². The van der Waals surface area contributed by atoms with Gasteiger partial charge in [0.15, 0.2) is 5.82 Å². The third kappa shape index (κ3) is 4.16. The molecule has 2 aromatic heterocycles. The van der Waals surface area contributed by atoms with Crippen LogP contribution in [0.3, 0.4) is 0 Å². The van der Waals surface area contributed by atoms with Crippen LogP contribution in [-0.4, -0.2) is 21.6 Å². The van der Waals surface area contributed by atoms with Gasteiger partial charge in [0.25, 0.3) is 0 Å². The van der Waals surface area contributed by atoms with Crippen LogP contribution in [0.4, 0.5) is 5.82 Å². The zero-order valence-electron chi connectivity index (χ0n) is 10.5. The van der Waals surface area contributed by atoms with Gasteiger partial charge in [-0.2, -0.15) is 0 Å². The maximum atomic E-state index is 5.41. The molecular weight excluding hydrogens is 262 g/mol. The van der Waals surface area contributed by atoms with Crippen LogP contribution in [0.5, 0.6) is 0 Å². The van der Waals surface area contributed by atoms with Crippen molar-refractivity contribution < 1.29 is 4.74 Å². The number of hydrogen-bond donors (Lipinski definition) is 2. The summed E-state index contributed by atoms with van der Waals surface area (Å²) in [7, 11) is 0. The first-order chi connectivity index (χ1) is 9.31. The first-order valence-electron chi connectivity index (χ1n) is 5.82. The highest BCUT2D eigenvalue weighted by molar-refractivity contribution is 7.99.